The molecule has 2 aliphatic heterocycles. The van der Waals surface area contributed by atoms with Crippen molar-refractivity contribution in [3.63, 3.8) is 0 Å². The Morgan fingerprint density at radius 1 is 1.35 bits per heavy atom. The van der Waals surface area contributed by atoms with Gasteiger partial charge >= 0.3 is 0 Å². The van der Waals surface area contributed by atoms with Crippen molar-refractivity contribution in [1.29, 1.82) is 0 Å². The Kier molecular flexibility index (Phi) is 8.29. The third-order valence-electron chi connectivity index (χ3n) is 4.92. The van der Waals surface area contributed by atoms with Crippen molar-refractivity contribution in [3.8, 4) is 0 Å². The maximum Gasteiger partial charge on any atom is 0.230 e. The van der Waals surface area contributed by atoms with Crippen molar-refractivity contribution in [1.82, 2.24) is 10.2 Å². The molecule has 0 radical (unpaired) electrons. The number of ether oxygens (including phenoxy) is 1. The summed E-state index contributed by atoms with van der Waals surface area (Å²) in [6.45, 7) is 5.54. The maximum absolute atomic E-state index is 12.9. The summed E-state index contributed by atoms with van der Waals surface area (Å²) in [6, 6.07) is 0. The van der Waals surface area contributed by atoms with E-state index in [9.17, 15) is 9.59 Å². The third kappa shape index (κ3) is 4.81. The number of carbonyl (C=O) groups is 2. The van der Waals surface area contributed by atoms with Gasteiger partial charge in [0.25, 0.3) is 0 Å². The second-order valence-corrected chi connectivity index (χ2v) is 6.48. The fraction of sp³-hybridized carbons (Fsp3) is 0.875. The summed E-state index contributed by atoms with van der Waals surface area (Å²) in [7, 11) is 0. The molecule has 1 atom stereocenters. The van der Waals surface area contributed by atoms with E-state index in [1.54, 1.807) is 0 Å². The van der Waals surface area contributed by atoms with Gasteiger partial charge in [0.05, 0.1) is 11.3 Å². The molecule has 2 saturated heterocycles. The Bertz CT molecular complexity index is 400. The zero-order valence-corrected chi connectivity index (χ0v) is 14.8. The second kappa shape index (κ2) is 9.45. The quantitative estimate of drug-likeness (QED) is 0.774. The van der Waals surface area contributed by atoms with Gasteiger partial charge < -0.3 is 20.7 Å². The summed E-state index contributed by atoms with van der Waals surface area (Å²) < 4.78 is 5.38. The molecule has 2 fully saturated rings. The van der Waals surface area contributed by atoms with Crippen LogP contribution in [-0.2, 0) is 14.3 Å². The van der Waals surface area contributed by atoms with Crippen LogP contribution in [0.25, 0.3) is 0 Å². The number of halogens is 1. The lowest BCUT2D eigenvalue weighted by molar-refractivity contribution is -0.150. The molecule has 6 nitrogen and oxygen atoms in total. The van der Waals surface area contributed by atoms with Crippen molar-refractivity contribution < 1.29 is 14.3 Å². The molecule has 0 bridgehead atoms. The number of hydrogen-bond acceptors (Lipinski definition) is 4. The lowest BCUT2D eigenvalue weighted by atomic mass is 9.78. The molecule has 0 aromatic rings. The van der Waals surface area contributed by atoms with Crippen molar-refractivity contribution in [2.75, 3.05) is 39.4 Å². The molecule has 0 spiro atoms. The van der Waals surface area contributed by atoms with Crippen LogP contribution in [0, 0.1) is 11.3 Å². The normalized spacial score (nSPS) is 23.7. The Hall–Kier alpha value is -0.850. The van der Waals surface area contributed by atoms with Crippen LogP contribution in [0.15, 0.2) is 0 Å². The SMILES string of the molecule is CCCNC(=O)C1CCCN(C(=O)C2(CN)CCOCC2)C1.Cl. The van der Waals surface area contributed by atoms with Gasteiger partial charge in [0.2, 0.25) is 11.8 Å². The van der Waals surface area contributed by atoms with Gasteiger partial charge in [-0.3, -0.25) is 9.59 Å². The zero-order chi connectivity index (χ0) is 16.0. The lowest BCUT2D eigenvalue weighted by Crippen LogP contribution is -2.54. The molecule has 0 aliphatic carbocycles. The van der Waals surface area contributed by atoms with Crippen molar-refractivity contribution in [3.05, 3.63) is 0 Å². The second-order valence-electron chi connectivity index (χ2n) is 6.48. The molecular formula is C16H30ClN3O3. The molecule has 134 valence electrons. The number of nitrogens with zero attached hydrogens (tertiary/aromatic N) is 1. The molecule has 0 aromatic carbocycles. The molecule has 2 rings (SSSR count). The maximum atomic E-state index is 12.9. The van der Waals surface area contributed by atoms with E-state index in [1.807, 2.05) is 11.8 Å². The summed E-state index contributed by atoms with van der Waals surface area (Å²) in [5.41, 5.74) is 5.44. The standard InChI is InChI=1S/C16H29N3O3.ClH/c1-2-7-18-14(20)13-4-3-8-19(11-13)15(21)16(12-17)5-9-22-10-6-16;/h13H,2-12,17H2,1H3,(H,18,20);1H. The molecule has 2 amide bonds. The predicted octanol–water partition coefficient (Wildman–Crippen LogP) is 0.929. The van der Waals surface area contributed by atoms with Gasteiger partial charge in [0.15, 0.2) is 0 Å². The number of amides is 2. The first-order chi connectivity index (χ1) is 10.6. The van der Waals surface area contributed by atoms with E-state index in [4.69, 9.17) is 10.5 Å². The fourth-order valence-electron chi connectivity index (χ4n) is 3.37. The molecule has 1 unspecified atom stereocenters. The van der Waals surface area contributed by atoms with E-state index in [0.717, 1.165) is 25.8 Å². The van der Waals surface area contributed by atoms with Crippen LogP contribution in [-0.4, -0.2) is 56.1 Å². The largest absolute Gasteiger partial charge is 0.381 e. The van der Waals surface area contributed by atoms with Crippen LogP contribution < -0.4 is 11.1 Å². The smallest absolute Gasteiger partial charge is 0.230 e. The molecule has 0 aromatic heterocycles. The highest BCUT2D eigenvalue weighted by Gasteiger charge is 2.43. The number of nitrogens with one attached hydrogen (secondary N) is 1. The number of likely N-dealkylation sites (tertiary alicyclic amines) is 1. The first-order valence-corrected chi connectivity index (χ1v) is 8.48. The number of nitrogens with two attached hydrogens (primary N) is 1. The van der Waals surface area contributed by atoms with E-state index in [2.05, 4.69) is 5.32 Å². The average molecular weight is 348 g/mol. The van der Waals surface area contributed by atoms with Gasteiger partial charge in [0.1, 0.15) is 0 Å². The third-order valence-corrected chi connectivity index (χ3v) is 4.92. The summed E-state index contributed by atoms with van der Waals surface area (Å²) in [4.78, 5) is 27.0. The van der Waals surface area contributed by atoms with Crippen LogP contribution in [0.4, 0.5) is 0 Å². The Balaban J connectivity index is 0.00000264. The predicted molar refractivity (Wildman–Crippen MR) is 91.4 cm³/mol. The summed E-state index contributed by atoms with van der Waals surface area (Å²) in [6.07, 6.45) is 4.04. The summed E-state index contributed by atoms with van der Waals surface area (Å²) in [5, 5.41) is 2.94. The van der Waals surface area contributed by atoms with E-state index < -0.39 is 5.41 Å². The highest BCUT2D eigenvalue weighted by molar-refractivity contribution is 5.85. The van der Waals surface area contributed by atoms with Crippen LogP contribution in [0.2, 0.25) is 0 Å². The van der Waals surface area contributed by atoms with Crippen LogP contribution in [0.1, 0.15) is 39.0 Å². The minimum Gasteiger partial charge on any atom is -0.381 e. The van der Waals surface area contributed by atoms with Gasteiger partial charge in [-0.05, 0) is 32.1 Å². The Morgan fingerprint density at radius 3 is 2.65 bits per heavy atom. The van der Waals surface area contributed by atoms with E-state index >= 15 is 0 Å². The summed E-state index contributed by atoms with van der Waals surface area (Å²) in [5.74, 6) is 0.110. The van der Waals surface area contributed by atoms with Gasteiger partial charge in [-0.2, -0.15) is 0 Å². The Labute approximate surface area is 144 Å². The highest BCUT2D eigenvalue weighted by Crippen LogP contribution is 2.33. The van der Waals surface area contributed by atoms with Crippen molar-refractivity contribution in [2.24, 2.45) is 17.1 Å². The highest BCUT2D eigenvalue weighted by atomic mass is 35.5. The van der Waals surface area contributed by atoms with Crippen molar-refractivity contribution in [2.45, 2.75) is 39.0 Å². The van der Waals surface area contributed by atoms with Gasteiger partial charge in [-0.25, -0.2) is 0 Å². The molecule has 7 heteroatoms. The van der Waals surface area contributed by atoms with Crippen LogP contribution >= 0.6 is 12.4 Å². The molecule has 0 saturated carbocycles. The zero-order valence-electron chi connectivity index (χ0n) is 14.0. The van der Waals surface area contributed by atoms with E-state index in [-0.39, 0.29) is 30.1 Å². The van der Waals surface area contributed by atoms with Gasteiger partial charge in [0, 0.05) is 39.4 Å². The summed E-state index contributed by atoms with van der Waals surface area (Å²) >= 11 is 0. The van der Waals surface area contributed by atoms with Crippen molar-refractivity contribution >= 4 is 24.2 Å². The fourth-order valence-corrected chi connectivity index (χ4v) is 3.37. The molecular weight excluding hydrogens is 318 g/mol. The average Bonchev–Trinajstić information content (AvgIpc) is 2.59. The number of hydrogen-bond donors (Lipinski definition) is 2. The minimum absolute atomic E-state index is 0. The molecule has 2 aliphatic rings. The van der Waals surface area contributed by atoms with Crippen LogP contribution in [0.5, 0.6) is 0 Å². The Morgan fingerprint density at radius 2 is 2.04 bits per heavy atom. The molecule has 3 N–H and O–H groups in total. The number of rotatable bonds is 5. The minimum atomic E-state index is -0.486. The first-order valence-electron chi connectivity index (χ1n) is 8.48. The van der Waals surface area contributed by atoms with E-state index in [0.29, 0.717) is 45.7 Å². The van der Waals surface area contributed by atoms with E-state index in [1.165, 1.54) is 0 Å². The number of piperidine rings is 1. The van der Waals surface area contributed by atoms with Crippen LogP contribution in [0.3, 0.4) is 0 Å². The number of carbonyl (C=O) groups excluding carboxylic acids is 2. The van der Waals surface area contributed by atoms with Gasteiger partial charge in [-0.15, -0.1) is 12.4 Å². The monoisotopic (exact) mass is 347 g/mol. The topological polar surface area (TPSA) is 84.7 Å². The van der Waals surface area contributed by atoms with Gasteiger partial charge in [-0.1, -0.05) is 6.92 Å². The molecule has 23 heavy (non-hydrogen) atoms. The lowest BCUT2D eigenvalue weighted by Gasteiger charge is -2.41. The molecule has 2 heterocycles. The first kappa shape index (κ1) is 20.2.